The van der Waals surface area contributed by atoms with E-state index in [9.17, 15) is 8.42 Å². The van der Waals surface area contributed by atoms with E-state index in [0.717, 1.165) is 46.3 Å². The van der Waals surface area contributed by atoms with E-state index in [4.69, 9.17) is 0 Å². The molecule has 0 N–H and O–H groups in total. The molecule has 0 bridgehead atoms. The van der Waals surface area contributed by atoms with E-state index in [-0.39, 0.29) is 0 Å². The Morgan fingerprint density at radius 3 is 2.58 bits per heavy atom. The Labute approximate surface area is 187 Å². The fourth-order valence-electron chi connectivity index (χ4n) is 4.88. The number of para-hydroxylation sites is 1. The third-order valence-corrected chi connectivity index (χ3v) is 9.70. The second kappa shape index (κ2) is 8.56. The molecule has 0 radical (unpaired) electrons. The van der Waals surface area contributed by atoms with Gasteiger partial charge in [0.15, 0.2) is 0 Å². The van der Waals surface area contributed by atoms with Gasteiger partial charge in [0.05, 0.1) is 5.52 Å². The second-order valence-corrected chi connectivity index (χ2v) is 11.8. The molecule has 0 unspecified atom stereocenters. The summed E-state index contributed by atoms with van der Waals surface area (Å²) in [7, 11) is -3.58. The van der Waals surface area contributed by atoms with Crippen molar-refractivity contribution in [1.29, 1.82) is 0 Å². The van der Waals surface area contributed by atoms with Crippen LogP contribution in [0.1, 0.15) is 60.2 Å². The van der Waals surface area contributed by atoms with Gasteiger partial charge in [-0.3, -0.25) is 4.98 Å². The molecule has 31 heavy (non-hydrogen) atoms. The van der Waals surface area contributed by atoms with Crippen LogP contribution < -0.4 is 0 Å². The van der Waals surface area contributed by atoms with Crippen LogP contribution in [0.5, 0.6) is 0 Å². The van der Waals surface area contributed by atoms with E-state index in [0.29, 0.717) is 29.4 Å². The molecule has 0 amide bonds. The zero-order valence-electron chi connectivity index (χ0n) is 17.8. The molecule has 6 nitrogen and oxygen atoms in total. The molecule has 1 aliphatic carbocycles. The van der Waals surface area contributed by atoms with Gasteiger partial charge in [0.2, 0.25) is 10.0 Å². The fraction of sp³-hybridized carbons (Fsp3) is 0.522. The van der Waals surface area contributed by atoms with Crippen LogP contribution in [-0.2, 0) is 16.4 Å². The third kappa shape index (κ3) is 4.25. The van der Waals surface area contributed by atoms with E-state index >= 15 is 0 Å². The molecular weight excluding hydrogens is 428 g/mol. The van der Waals surface area contributed by atoms with Crippen molar-refractivity contribution in [2.45, 2.75) is 62.7 Å². The highest BCUT2D eigenvalue weighted by atomic mass is 32.2. The summed E-state index contributed by atoms with van der Waals surface area (Å²) in [6, 6.07) is 9.22. The van der Waals surface area contributed by atoms with Gasteiger partial charge in [0.1, 0.15) is 14.9 Å². The molecular formula is C23H28N4O2S2. The van der Waals surface area contributed by atoms with Crippen LogP contribution in [0.15, 0.2) is 35.2 Å². The SMILES string of the molecule is Cc1ccc2cccc(S(=O)(=O)N3CCC(c4nnc(CC5CCCC5)s4)CC3)c2n1. The van der Waals surface area contributed by atoms with Gasteiger partial charge in [-0.05, 0) is 37.8 Å². The molecule has 2 fully saturated rings. The highest BCUT2D eigenvalue weighted by Gasteiger charge is 2.32. The van der Waals surface area contributed by atoms with Gasteiger partial charge in [-0.25, -0.2) is 8.42 Å². The minimum Gasteiger partial charge on any atom is -0.252 e. The standard InChI is InChI=1S/C23H28N4O2S2/c1-16-9-10-18-7-4-8-20(22(18)24-16)31(28,29)27-13-11-19(12-14-27)23-26-25-21(30-23)15-17-5-2-3-6-17/h4,7-10,17,19H,2-3,5-6,11-15H2,1H3. The monoisotopic (exact) mass is 456 g/mol. The van der Waals surface area contributed by atoms with E-state index in [1.54, 1.807) is 27.8 Å². The first-order chi connectivity index (χ1) is 15.0. The molecule has 0 spiro atoms. The summed E-state index contributed by atoms with van der Waals surface area (Å²) in [6.45, 7) is 2.90. The van der Waals surface area contributed by atoms with Crippen LogP contribution in [0.4, 0.5) is 0 Å². The molecule has 5 rings (SSSR count). The number of hydrogen-bond acceptors (Lipinski definition) is 6. The lowest BCUT2D eigenvalue weighted by Gasteiger charge is -2.30. The van der Waals surface area contributed by atoms with Crippen molar-refractivity contribution in [3.63, 3.8) is 0 Å². The smallest absolute Gasteiger partial charge is 0.245 e. The molecule has 1 saturated carbocycles. The summed E-state index contributed by atoms with van der Waals surface area (Å²) in [6.07, 6.45) is 7.94. The minimum atomic E-state index is -3.58. The Kier molecular flexibility index (Phi) is 5.79. The summed E-state index contributed by atoms with van der Waals surface area (Å²) in [5, 5.41) is 12.0. The van der Waals surface area contributed by atoms with Gasteiger partial charge in [-0.2, -0.15) is 4.31 Å². The predicted octanol–water partition coefficient (Wildman–Crippen LogP) is 4.70. The fourth-order valence-corrected chi connectivity index (χ4v) is 7.64. The van der Waals surface area contributed by atoms with Gasteiger partial charge >= 0.3 is 0 Å². The first-order valence-corrected chi connectivity index (χ1v) is 13.4. The van der Waals surface area contributed by atoms with Gasteiger partial charge in [0.25, 0.3) is 0 Å². The number of piperidine rings is 1. The van der Waals surface area contributed by atoms with E-state index in [1.165, 1.54) is 25.7 Å². The van der Waals surface area contributed by atoms with Crippen LogP contribution in [0, 0.1) is 12.8 Å². The third-order valence-electron chi connectivity index (χ3n) is 6.66. The number of hydrogen-bond donors (Lipinski definition) is 0. The highest BCUT2D eigenvalue weighted by molar-refractivity contribution is 7.89. The zero-order chi connectivity index (χ0) is 21.4. The number of aromatic nitrogens is 3. The predicted molar refractivity (Wildman–Crippen MR) is 123 cm³/mol. The van der Waals surface area contributed by atoms with E-state index in [2.05, 4.69) is 15.2 Å². The summed E-state index contributed by atoms with van der Waals surface area (Å²) >= 11 is 1.73. The molecule has 3 heterocycles. The first kappa shape index (κ1) is 21.0. The van der Waals surface area contributed by atoms with E-state index < -0.39 is 10.0 Å². The lowest BCUT2D eigenvalue weighted by molar-refractivity contribution is 0.318. The number of fused-ring (bicyclic) bond motifs is 1. The van der Waals surface area contributed by atoms with Crippen molar-refractivity contribution in [3.8, 4) is 0 Å². The summed E-state index contributed by atoms with van der Waals surface area (Å²) in [4.78, 5) is 4.83. The van der Waals surface area contributed by atoms with Crippen molar-refractivity contribution in [1.82, 2.24) is 19.5 Å². The van der Waals surface area contributed by atoms with Crippen molar-refractivity contribution in [2.75, 3.05) is 13.1 Å². The number of aryl methyl sites for hydroxylation is 1. The van der Waals surface area contributed by atoms with Crippen LogP contribution in [0.3, 0.4) is 0 Å². The maximum atomic E-state index is 13.4. The Morgan fingerprint density at radius 1 is 1.03 bits per heavy atom. The quantitative estimate of drug-likeness (QED) is 0.556. The van der Waals surface area contributed by atoms with Gasteiger partial charge < -0.3 is 0 Å². The normalized spacial score (nSPS) is 19.4. The lowest BCUT2D eigenvalue weighted by Crippen LogP contribution is -2.38. The summed E-state index contributed by atoms with van der Waals surface area (Å²) in [5.41, 5.74) is 1.38. The molecule has 1 saturated heterocycles. The number of pyridine rings is 1. The topological polar surface area (TPSA) is 76.1 Å². The van der Waals surface area contributed by atoms with Crippen LogP contribution in [0.25, 0.3) is 10.9 Å². The van der Waals surface area contributed by atoms with Crippen molar-refractivity contribution in [2.24, 2.45) is 5.92 Å². The van der Waals surface area contributed by atoms with Crippen LogP contribution in [-0.4, -0.2) is 41.0 Å². The molecule has 2 aliphatic rings. The first-order valence-electron chi connectivity index (χ1n) is 11.2. The second-order valence-electron chi connectivity index (χ2n) is 8.85. The molecule has 3 aromatic rings. The van der Waals surface area contributed by atoms with Crippen LogP contribution >= 0.6 is 11.3 Å². The summed E-state index contributed by atoms with van der Waals surface area (Å²) < 4.78 is 28.4. The van der Waals surface area contributed by atoms with Gasteiger partial charge in [-0.1, -0.05) is 43.9 Å². The molecule has 1 aromatic carbocycles. The zero-order valence-corrected chi connectivity index (χ0v) is 19.5. The summed E-state index contributed by atoms with van der Waals surface area (Å²) in [5.74, 6) is 1.07. The average molecular weight is 457 g/mol. The largest absolute Gasteiger partial charge is 0.252 e. The van der Waals surface area contributed by atoms with Crippen LogP contribution in [0.2, 0.25) is 0 Å². The van der Waals surface area contributed by atoms with Crippen molar-refractivity contribution >= 4 is 32.3 Å². The highest BCUT2D eigenvalue weighted by Crippen LogP contribution is 2.35. The Balaban J connectivity index is 1.29. The number of sulfonamides is 1. The maximum absolute atomic E-state index is 13.4. The number of rotatable bonds is 5. The Bertz CT molecular complexity index is 1180. The lowest BCUT2D eigenvalue weighted by atomic mass is 9.99. The average Bonchev–Trinajstić information content (AvgIpc) is 3.46. The maximum Gasteiger partial charge on any atom is 0.245 e. The van der Waals surface area contributed by atoms with Gasteiger partial charge in [-0.15, -0.1) is 21.5 Å². The molecule has 164 valence electrons. The Morgan fingerprint density at radius 2 is 1.81 bits per heavy atom. The Hall–Kier alpha value is -1.90. The van der Waals surface area contributed by atoms with Gasteiger partial charge in [0, 0.05) is 36.5 Å². The number of nitrogens with zero attached hydrogens (tertiary/aromatic N) is 4. The molecule has 2 aromatic heterocycles. The van der Waals surface area contributed by atoms with E-state index in [1.807, 2.05) is 25.1 Å². The molecule has 0 atom stereocenters. The number of benzene rings is 1. The van der Waals surface area contributed by atoms with Crippen molar-refractivity contribution in [3.05, 3.63) is 46.0 Å². The molecule has 8 heteroatoms. The minimum absolute atomic E-state index is 0.300. The molecule has 1 aliphatic heterocycles. The van der Waals surface area contributed by atoms with Crippen molar-refractivity contribution < 1.29 is 8.42 Å².